The molecule has 0 aliphatic heterocycles. The summed E-state index contributed by atoms with van der Waals surface area (Å²) in [5, 5.41) is 7.48. The van der Waals surface area contributed by atoms with Crippen LogP contribution in [-0.2, 0) is 6.18 Å². The molecule has 0 radical (unpaired) electrons. The van der Waals surface area contributed by atoms with Gasteiger partial charge in [0.2, 0.25) is 0 Å². The SMILES string of the molecule is O=C(Nc1ccc(-n2ccnc2)cc1)c1cn[nH]c1C(F)(F)F. The van der Waals surface area contributed by atoms with Crippen LogP contribution in [0.3, 0.4) is 0 Å². The van der Waals surface area contributed by atoms with Crippen LogP contribution in [-0.4, -0.2) is 25.7 Å². The Morgan fingerprint density at radius 2 is 1.96 bits per heavy atom. The number of imidazole rings is 1. The van der Waals surface area contributed by atoms with Gasteiger partial charge in [-0.15, -0.1) is 0 Å². The second-order valence-electron chi connectivity index (χ2n) is 4.63. The highest BCUT2D eigenvalue weighted by Gasteiger charge is 2.37. The zero-order valence-corrected chi connectivity index (χ0v) is 11.5. The van der Waals surface area contributed by atoms with Crippen molar-refractivity contribution < 1.29 is 18.0 Å². The van der Waals surface area contributed by atoms with Crippen molar-refractivity contribution >= 4 is 11.6 Å². The first-order chi connectivity index (χ1) is 10.9. The van der Waals surface area contributed by atoms with Gasteiger partial charge in [-0.3, -0.25) is 9.89 Å². The summed E-state index contributed by atoms with van der Waals surface area (Å²) in [5.74, 6) is -0.888. The van der Waals surface area contributed by atoms with Crippen LogP contribution in [0.25, 0.3) is 5.69 Å². The lowest BCUT2D eigenvalue weighted by atomic mass is 10.2. The van der Waals surface area contributed by atoms with Crippen LogP contribution in [0.2, 0.25) is 0 Å². The maximum absolute atomic E-state index is 12.7. The molecule has 0 atom stereocenters. The molecule has 3 rings (SSSR count). The molecule has 0 aliphatic carbocycles. The van der Waals surface area contributed by atoms with Crippen LogP contribution in [0.5, 0.6) is 0 Å². The first-order valence-corrected chi connectivity index (χ1v) is 6.45. The van der Waals surface area contributed by atoms with Gasteiger partial charge in [0, 0.05) is 23.8 Å². The van der Waals surface area contributed by atoms with Gasteiger partial charge in [-0.2, -0.15) is 18.3 Å². The lowest BCUT2D eigenvalue weighted by molar-refractivity contribution is -0.141. The zero-order valence-electron chi connectivity index (χ0n) is 11.5. The molecule has 1 aromatic carbocycles. The molecule has 3 aromatic rings. The molecule has 23 heavy (non-hydrogen) atoms. The van der Waals surface area contributed by atoms with E-state index in [0.29, 0.717) is 5.69 Å². The Bertz CT molecular complexity index is 806. The summed E-state index contributed by atoms with van der Waals surface area (Å²) in [6.45, 7) is 0. The smallest absolute Gasteiger partial charge is 0.322 e. The maximum atomic E-state index is 12.7. The second kappa shape index (κ2) is 5.59. The van der Waals surface area contributed by atoms with Crippen molar-refractivity contribution in [2.75, 3.05) is 5.32 Å². The predicted molar refractivity (Wildman–Crippen MR) is 75.1 cm³/mol. The van der Waals surface area contributed by atoms with Gasteiger partial charge in [-0.25, -0.2) is 4.98 Å². The summed E-state index contributed by atoms with van der Waals surface area (Å²) in [4.78, 5) is 15.9. The van der Waals surface area contributed by atoms with Gasteiger partial charge in [0.1, 0.15) is 0 Å². The predicted octanol–water partition coefficient (Wildman–Crippen LogP) is 2.87. The number of nitrogens with zero attached hydrogens (tertiary/aromatic N) is 3. The van der Waals surface area contributed by atoms with E-state index in [1.54, 1.807) is 52.7 Å². The fraction of sp³-hybridized carbons (Fsp3) is 0.0714. The summed E-state index contributed by atoms with van der Waals surface area (Å²) in [7, 11) is 0. The maximum Gasteiger partial charge on any atom is 0.433 e. The zero-order chi connectivity index (χ0) is 16.4. The molecule has 0 bridgehead atoms. The number of nitrogens with one attached hydrogen (secondary N) is 2. The van der Waals surface area contributed by atoms with Crippen LogP contribution in [0.4, 0.5) is 18.9 Å². The quantitative estimate of drug-likeness (QED) is 0.779. The molecule has 0 saturated carbocycles. The fourth-order valence-electron chi connectivity index (χ4n) is 2.00. The van der Waals surface area contributed by atoms with E-state index in [1.165, 1.54) is 0 Å². The van der Waals surface area contributed by atoms with Crippen molar-refractivity contribution in [2.45, 2.75) is 6.18 Å². The minimum Gasteiger partial charge on any atom is -0.322 e. The van der Waals surface area contributed by atoms with E-state index in [0.717, 1.165) is 11.9 Å². The molecule has 0 unspecified atom stereocenters. The highest BCUT2D eigenvalue weighted by molar-refractivity contribution is 6.05. The van der Waals surface area contributed by atoms with E-state index in [4.69, 9.17) is 0 Å². The number of halogens is 3. The number of carbonyl (C=O) groups excluding carboxylic acids is 1. The van der Waals surface area contributed by atoms with Crippen LogP contribution in [0, 0.1) is 0 Å². The summed E-state index contributed by atoms with van der Waals surface area (Å²) in [5.41, 5.74) is -0.561. The molecule has 2 N–H and O–H groups in total. The van der Waals surface area contributed by atoms with Crippen molar-refractivity contribution in [1.29, 1.82) is 0 Å². The topological polar surface area (TPSA) is 75.6 Å². The first-order valence-electron chi connectivity index (χ1n) is 6.45. The lowest BCUT2D eigenvalue weighted by Crippen LogP contribution is -2.17. The molecule has 9 heteroatoms. The molecule has 118 valence electrons. The number of hydrogen-bond donors (Lipinski definition) is 2. The van der Waals surface area contributed by atoms with Crippen molar-refractivity contribution in [3.05, 3.63) is 60.4 Å². The Kier molecular flexibility index (Phi) is 3.61. The number of alkyl halides is 3. The number of rotatable bonds is 3. The lowest BCUT2D eigenvalue weighted by Gasteiger charge is -2.09. The third kappa shape index (κ3) is 3.07. The van der Waals surface area contributed by atoms with E-state index in [1.807, 2.05) is 0 Å². The second-order valence-corrected chi connectivity index (χ2v) is 4.63. The molecule has 2 heterocycles. The number of aromatic amines is 1. The van der Waals surface area contributed by atoms with E-state index in [9.17, 15) is 18.0 Å². The van der Waals surface area contributed by atoms with Gasteiger partial charge in [-0.05, 0) is 24.3 Å². The van der Waals surface area contributed by atoms with Crippen molar-refractivity contribution in [1.82, 2.24) is 19.7 Å². The van der Waals surface area contributed by atoms with E-state index < -0.39 is 23.3 Å². The largest absolute Gasteiger partial charge is 0.433 e. The molecular formula is C14H10F3N5O. The van der Waals surface area contributed by atoms with Crippen molar-refractivity contribution in [3.8, 4) is 5.69 Å². The standard InChI is InChI=1S/C14H10F3N5O/c15-14(16,17)12-11(7-19-21-12)13(23)20-9-1-3-10(4-2-9)22-6-5-18-8-22/h1-8H,(H,19,21)(H,20,23). The molecule has 6 nitrogen and oxygen atoms in total. The van der Waals surface area contributed by atoms with Crippen LogP contribution in [0.1, 0.15) is 16.1 Å². The van der Waals surface area contributed by atoms with Crippen LogP contribution < -0.4 is 5.32 Å². The summed E-state index contributed by atoms with van der Waals surface area (Å²) in [6.07, 6.45) is 1.14. The van der Waals surface area contributed by atoms with Gasteiger partial charge in [0.25, 0.3) is 5.91 Å². The third-order valence-electron chi connectivity index (χ3n) is 3.10. The number of aromatic nitrogens is 4. The fourth-order valence-corrected chi connectivity index (χ4v) is 2.00. The Hall–Kier alpha value is -3.10. The number of amides is 1. The van der Waals surface area contributed by atoms with Gasteiger partial charge >= 0.3 is 6.18 Å². The summed E-state index contributed by atoms with van der Waals surface area (Å²) >= 11 is 0. The normalized spacial score (nSPS) is 11.4. The molecule has 2 aromatic heterocycles. The summed E-state index contributed by atoms with van der Waals surface area (Å²) in [6, 6.07) is 6.58. The number of benzene rings is 1. The van der Waals surface area contributed by atoms with Crippen LogP contribution in [0.15, 0.2) is 49.2 Å². The summed E-state index contributed by atoms with van der Waals surface area (Å²) < 4.78 is 39.9. The molecular weight excluding hydrogens is 311 g/mol. The van der Waals surface area contributed by atoms with Gasteiger partial charge in [0.15, 0.2) is 5.69 Å². The van der Waals surface area contributed by atoms with E-state index in [-0.39, 0.29) is 0 Å². The van der Waals surface area contributed by atoms with E-state index in [2.05, 4.69) is 15.4 Å². The van der Waals surface area contributed by atoms with Crippen LogP contribution >= 0.6 is 0 Å². The minimum atomic E-state index is -4.67. The Morgan fingerprint density at radius 1 is 1.22 bits per heavy atom. The Morgan fingerprint density at radius 3 is 2.57 bits per heavy atom. The molecule has 0 aliphatic rings. The van der Waals surface area contributed by atoms with Gasteiger partial charge < -0.3 is 9.88 Å². The Labute approximate surface area is 128 Å². The first kappa shape index (κ1) is 14.8. The molecule has 1 amide bonds. The number of H-pyrrole nitrogens is 1. The average Bonchev–Trinajstić information content (AvgIpc) is 3.19. The van der Waals surface area contributed by atoms with Gasteiger partial charge in [-0.1, -0.05) is 0 Å². The molecule has 0 fully saturated rings. The number of carbonyl (C=O) groups is 1. The number of anilines is 1. The number of hydrogen-bond acceptors (Lipinski definition) is 3. The highest BCUT2D eigenvalue weighted by Crippen LogP contribution is 2.30. The molecule has 0 spiro atoms. The van der Waals surface area contributed by atoms with Gasteiger partial charge in [0.05, 0.1) is 18.1 Å². The van der Waals surface area contributed by atoms with Crippen molar-refractivity contribution in [2.24, 2.45) is 0 Å². The Balaban J connectivity index is 1.77. The average molecular weight is 321 g/mol. The highest BCUT2D eigenvalue weighted by atomic mass is 19.4. The monoisotopic (exact) mass is 321 g/mol. The van der Waals surface area contributed by atoms with E-state index >= 15 is 0 Å². The minimum absolute atomic E-state index is 0.369. The third-order valence-corrected chi connectivity index (χ3v) is 3.10. The molecule has 0 saturated heterocycles. The van der Waals surface area contributed by atoms with Crippen molar-refractivity contribution in [3.63, 3.8) is 0 Å².